The Morgan fingerprint density at radius 2 is 1.91 bits per heavy atom. The third kappa shape index (κ3) is 5.57. The molecule has 0 aliphatic heterocycles. The van der Waals surface area contributed by atoms with Crippen molar-refractivity contribution < 1.29 is 9.53 Å². The van der Waals surface area contributed by atoms with Gasteiger partial charge in [-0.1, -0.05) is 43.7 Å². The van der Waals surface area contributed by atoms with E-state index in [0.717, 1.165) is 34.3 Å². The Morgan fingerprint density at radius 1 is 1.17 bits per heavy atom. The first-order valence-electron chi connectivity index (χ1n) is 7.66. The Labute approximate surface area is 145 Å². The minimum atomic E-state index is -0.180. The summed E-state index contributed by atoms with van der Waals surface area (Å²) in [5.41, 5.74) is 1.64. The van der Waals surface area contributed by atoms with E-state index < -0.39 is 0 Å². The van der Waals surface area contributed by atoms with Crippen LogP contribution in [0.5, 0.6) is 5.75 Å². The molecule has 4 heteroatoms. The molecule has 2 rings (SSSR count). The Hall–Kier alpha value is -2.07. The molecular weight excluding hydrogens is 354 g/mol. The number of unbranched alkanes of at least 4 members (excludes halogenated alkanes) is 1. The highest BCUT2D eigenvalue weighted by atomic mass is 79.9. The number of nitrogens with one attached hydrogen (secondary N) is 1. The molecule has 0 saturated carbocycles. The van der Waals surface area contributed by atoms with E-state index in [1.807, 2.05) is 48.5 Å². The number of hydrogen-bond acceptors (Lipinski definition) is 2. The quantitative estimate of drug-likeness (QED) is 0.529. The number of ether oxygens (including phenoxy) is 1. The van der Waals surface area contributed by atoms with E-state index >= 15 is 0 Å². The fourth-order valence-corrected chi connectivity index (χ4v) is 2.36. The Balaban J connectivity index is 2.02. The Kier molecular flexibility index (Phi) is 6.88. The number of amides is 1. The second kappa shape index (κ2) is 9.16. The van der Waals surface area contributed by atoms with Gasteiger partial charge < -0.3 is 10.1 Å². The van der Waals surface area contributed by atoms with Gasteiger partial charge in [0.1, 0.15) is 5.75 Å². The van der Waals surface area contributed by atoms with E-state index in [1.54, 1.807) is 6.08 Å². The lowest BCUT2D eigenvalue weighted by atomic mass is 10.2. The van der Waals surface area contributed by atoms with Gasteiger partial charge in [0.25, 0.3) is 0 Å². The van der Waals surface area contributed by atoms with Crippen LogP contribution in [-0.2, 0) is 4.79 Å². The minimum absolute atomic E-state index is 0.180. The zero-order chi connectivity index (χ0) is 16.5. The lowest BCUT2D eigenvalue weighted by Crippen LogP contribution is -2.08. The first kappa shape index (κ1) is 17.3. The van der Waals surface area contributed by atoms with Gasteiger partial charge in [-0.25, -0.2) is 0 Å². The number of halogens is 1. The molecular formula is C19H20BrNO2. The molecule has 2 aromatic rings. The molecule has 1 N–H and O–H groups in total. The van der Waals surface area contributed by atoms with Gasteiger partial charge in [-0.3, -0.25) is 4.79 Å². The molecule has 0 fully saturated rings. The summed E-state index contributed by atoms with van der Waals surface area (Å²) < 4.78 is 6.61. The van der Waals surface area contributed by atoms with Crippen molar-refractivity contribution in [3.63, 3.8) is 0 Å². The number of benzene rings is 2. The SMILES string of the molecule is CCCCOc1ccccc1C=CC(=O)Nc1ccccc1Br. The van der Waals surface area contributed by atoms with Crippen molar-refractivity contribution in [2.75, 3.05) is 11.9 Å². The molecule has 0 spiro atoms. The fraction of sp³-hybridized carbons (Fsp3) is 0.211. The summed E-state index contributed by atoms with van der Waals surface area (Å²) in [6.07, 6.45) is 5.39. The normalized spacial score (nSPS) is 10.7. The molecule has 0 heterocycles. The summed E-state index contributed by atoms with van der Waals surface area (Å²) >= 11 is 3.41. The Morgan fingerprint density at radius 3 is 2.70 bits per heavy atom. The van der Waals surface area contributed by atoms with Crippen molar-refractivity contribution in [2.45, 2.75) is 19.8 Å². The van der Waals surface area contributed by atoms with E-state index in [2.05, 4.69) is 28.2 Å². The largest absolute Gasteiger partial charge is 0.493 e. The van der Waals surface area contributed by atoms with E-state index in [0.29, 0.717) is 6.61 Å². The second-order valence-corrected chi connectivity index (χ2v) is 5.90. The highest BCUT2D eigenvalue weighted by molar-refractivity contribution is 9.10. The van der Waals surface area contributed by atoms with Crippen LogP contribution < -0.4 is 10.1 Å². The molecule has 2 aromatic carbocycles. The number of carbonyl (C=O) groups is 1. The lowest BCUT2D eigenvalue weighted by Gasteiger charge is -2.08. The average molecular weight is 374 g/mol. The van der Waals surface area contributed by atoms with Crippen LogP contribution in [0.3, 0.4) is 0 Å². The predicted molar refractivity (Wildman–Crippen MR) is 98.7 cm³/mol. The number of hydrogen-bond donors (Lipinski definition) is 1. The molecule has 0 aliphatic rings. The maximum Gasteiger partial charge on any atom is 0.248 e. The van der Waals surface area contributed by atoms with Gasteiger partial charge in [-0.05, 0) is 46.6 Å². The van der Waals surface area contributed by atoms with Crippen LogP contribution in [0.2, 0.25) is 0 Å². The summed E-state index contributed by atoms with van der Waals surface area (Å²) in [6.45, 7) is 2.81. The van der Waals surface area contributed by atoms with E-state index in [4.69, 9.17) is 4.74 Å². The highest BCUT2D eigenvalue weighted by Gasteiger charge is 2.03. The van der Waals surface area contributed by atoms with Crippen molar-refractivity contribution in [3.8, 4) is 5.75 Å². The zero-order valence-electron chi connectivity index (χ0n) is 13.1. The first-order chi connectivity index (χ1) is 11.2. The number of carbonyl (C=O) groups excluding carboxylic acids is 1. The van der Waals surface area contributed by atoms with Crippen LogP contribution in [0.15, 0.2) is 59.1 Å². The number of anilines is 1. The van der Waals surface area contributed by atoms with Crippen LogP contribution in [0, 0.1) is 0 Å². The summed E-state index contributed by atoms with van der Waals surface area (Å²) in [5, 5.41) is 2.84. The molecule has 0 aromatic heterocycles. The fourth-order valence-electron chi connectivity index (χ4n) is 1.98. The summed E-state index contributed by atoms with van der Waals surface area (Å²) in [6, 6.07) is 15.2. The second-order valence-electron chi connectivity index (χ2n) is 5.04. The standard InChI is InChI=1S/C19H20BrNO2/c1-2-3-14-23-18-11-7-4-8-15(18)12-13-19(22)21-17-10-6-5-9-16(17)20/h4-13H,2-3,14H2,1H3,(H,21,22). The van der Waals surface area contributed by atoms with Gasteiger partial charge in [0, 0.05) is 16.1 Å². The third-order valence-electron chi connectivity index (χ3n) is 3.22. The van der Waals surface area contributed by atoms with Crippen LogP contribution in [0.25, 0.3) is 6.08 Å². The molecule has 0 radical (unpaired) electrons. The maximum atomic E-state index is 12.1. The summed E-state index contributed by atoms with van der Waals surface area (Å²) in [4.78, 5) is 12.1. The highest BCUT2D eigenvalue weighted by Crippen LogP contribution is 2.22. The monoisotopic (exact) mass is 373 g/mol. The van der Waals surface area contributed by atoms with Crippen molar-refractivity contribution in [3.05, 3.63) is 64.6 Å². The van der Waals surface area contributed by atoms with Gasteiger partial charge >= 0.3 is 0 Å². The Bertz CT molecular complexity index is 683. The summed E-state index contributed by atoms with van der Waals surface area (Å²) in [5.74, 6) is 0.617. The number of para-hydroxylation sites is 2. The van der Waals surface area contributed by atoms with E-state index in [9.17, 15) is 4.79 Å². The van der Waals surface area contributed by atoms with E-state index in [-0.39, 0.29) is 5.91 Å². The zero-order valence-corrected chi connectivity index (χ0v) is 14.7. The van der Waals surface area contributed by atoms with E-state index in [1.165, 1.54) is 6.08 Å². The lowest BCUT2D eigenvalue weighted by molar-refractivity contribution is -0.111. The molecule has 0 unspecified atom stereocenters. The smallest absolute Gasteiger partial charge is 0.248 e. The third-order valence-corrected chi connectivity index (χ3v) is 3.91. The van der Waals surface area contributed by atoms with Crippen molar-refractivity contribution in [1.82, 2.24) is 0 Å². The van der Waals surface area contributed by atoms with Crippen molar-refractivity contribution in [2.24, 2.45) is 0 Å². The molecule has 1 amide bonds. The molecule has 23 heavy (non-hydrogen) atoms. The summed E-state index contributed by atoms with van der Waals surface area (Å²) in [7, 11) is 0. The van der Waals surface area contributed by atoms with Gasteiger partial charge in [0.2, 0.25) is 5.91 Å². The molecule has 0 saturated heterocycles. The minimum Gasteiger partial charge on any atom is -0.493 e. The van der Waals surface area contributed by atoms with Gasteiger partial charge in [0.15, 0.2) is 0 Å². The molecule has 0 atom stereocenters. The van der Waals surface area contributed by atoms with Gasteiger partial charge in [-0.15, -0.1) is 0 Å². The van der Waals surface area contributed by atoms with Crippen LogP contribution in [0.4, 0.5) is 5.69 Å². The molecule has 3 nitrogen and oxygen atoms in total. The first-order valence-corrected chi connectivity index (χ1v) is 8.45. The van der Waals surface area contributed by atoms with Crippen molar-refractivity contribution in [1.29, 1.82) is 0 Å². The number of rotatable bonds is 7. The van der Waals surface area contributed by atoms with Crippen LogP contribution >= 0.6 is 15.9 Å². The van der Waals surface area contributed by atoms with Crippen LogP contribution in [-0.4, -0.2) is 12.5 Å². The predicted octanol–water partition coefficient (Wildman–Crippen LogP) is 5.28. The topological polar surface area (TPSA) is 38.3 Å². The molecule has 0 aliphatic carbocycles. The average Bonchev–Trinajstić information content (AvgIpc) is 2.56. The maximum absolute atomic E-state index is 12.1. The molecule has 120 valence electrons. The van der Waals surface area contributed by atoms with Gasteiger partial charge in [0.05, 0.1) is 12.3 Å². The molecule has 0 bridgehead atoms. The van der Waals surface area contributed by atoms with Gasteiger partial charge in [-0.2, -0.15) is 0 Å². The van der Waals surface area contributed by atoms with Crippen molar-refractivity contribution >= 4 is 33.6 Å². The van der Waals surface area contributed by atoms with Crippen LogP contribution in [0.1, 0.15) is 25.3 Å².